The Labute approximate surface area is 104 Å². The second-order valence-corrected chi connectivity index (χ2v) is 4.43. The average molecular weight is 232 g/mol. The van der Waals surface area contributed by atoms with Gasteiger partial charge in [-0.15, -0.1) is 0 Å². The lowest BCUT2D eigenvalue weighted by atomic mass is 10.1. The zero-order valence-corrected chi connectivity index (χ0v) is 10.9. The molecule has 0 amide bonds. The molecule has 0 aliphatic carbocycles. The molecule has 1 heteroatoms. The monoisotopic (exact) mass is 232 g/mol. The second kappa shape index (κ2) is 7.90. The normalized spacial score (nSPS) is 9.82. The molecule has 0 radical (unpaired) electrons. The zero-order chi connectivity index (χ0) is 12.5. The predicted molar refractivity (Wildman–Crippen MR) is 71.4 cm³/mol. The topological polar surface area (TPSA) is 0 Å². The van der Waals surface area contributed by atoms with Gasteiger partial charge in [-0.3, -0.25) is 0 Å². The fraction of sp³-hybridized carbons (Fsp3) is 0.500. The number of rotatable bonds is 5. The molecule has 0 saturated heterocycles. The van der Waals surface area contributed by atoms with Gasteiger partial charge in [-0.25, -0.2) is 4.39 Å². The van der Waals surface area contributed by atoms with Gasteiger partial charge < -0.3 is 0 Å². The van der Waals surface area contributed by atoms with E-state index in [1.807, 2.05) is 6.92 Å². The molecule has 0 bridgehead atoms. The van der Waals surface area contributed by atoms with Crippen molar-refractivity contribution in [3.8, 4) is 11.8 Å². The minimum atomic E-state index is -0.206. The Morgan fingerprint density at radius 2 is 1.88 bits per heavy atom. The Bertz CT molecular complexity index is 396. The Morgan fingerprint density at radius 3 is 2.65 bits per heavy atom. The van der Waals surface area contributed by atoms with Crippen molar-refractivity contribution < 1.29 is 4.39 Å². The smallest absolute Gasteiger partial charge is 0.124 e. The minimum Gasteiger partial charge on any atom is -0.207 e. The fourth-order valence-corrected chi connectivity index (χ4v) is 1.70. The van der Waals surface area contributed by atoms with E-state index in [0.717, 1.165) is 24.0 Å². The molecule has 0 aromatic heterocycles. The van der Waals surface area contributed by atoms with Crippen LogP contribution in [-0.2, 0) is 0 Å². The highest BCUT2D eigenvalue weighted by Gasteiger charge is 1.96. The lowest BCUT2D eigenvalue weighted by Crippen LogP contribution is -1.84. The van der Waals surface area contributed by atoms with E-state index in [9.17, 15) is 4.39 Å². The van der Waals surface area contributed by atoms with Gasteiger partial charge in [-0.1, -0.05) is 50.5 Å². The number of hydrogen-bond donors (Lipinski definition) is 0. The molecule has 0 saturated carbocycles. The van der Waals surface area contributed by atoms with Crippen LogP contribution in [-0.4, -0.2) is 0 Å². The molecule has 92 valence electrons. The van der Waals surface area contributed by atoms with Crippen LogP contribution in [0.5, 0.6) is 0 Å². The van der Waals surface area contributed by atoms with Crippen LogP contribution < -0.4 is 0 Å². The van der Waals surface area contributed by atoms with E-state index in [1.165, 1.54) is 37.8 Å². The SMILES string of the molecule is CCCCCCCC#Cc1cc(F)ccc1C. The third kappa shape index (κ3) is 5.54. The van der Waals surface area contributed by atoms with Gasteiger partial charge in [0.15, 0.2) is 0 Å². The summed E-state index contributed by atoms with van der Waals surface area (Å²) in [5.41, 5.74) is 1.86. The molecule has 0 aliphatic heterocycles. The first-order chi connectivity index (χ1) is 8.24. The van der Waals surface area contributed by atoms with Gasteiger partial charge >= 0.3 is 0 Å². The molecule has 0 fully saturated rings. The maximum Gasteiger partial charge on any atom is 0.124 e. The third-order valence-corrected chi connectivity index (χ3v) is 2.83. The molecule has 0 unspecified atom stereocenters. The summed E-state index contributed by atoms with van der Waals surface area (Å²) in [5, 5.41) is 0. The maximum atomic E-state index is 13.0. The number of benzene rings is 1. The van der Waals surface area contributed by atoms with Crippen LogP contribution in [0.2, 0.25) is 0 Å². The summed E-state index contributed by atoms with van der Waals surface area (Å²) >= 11 is 0. The highest BCUT2D eigenvalue weighted by Crippen LogP contribution is 2.09. The molecule has 0 spiro atoms. The van der Waals surface area contributed by atoms with Crippen molar-refractivity contribution in [2.75, 3.05) is 0 Å². The first-order valence-corrected chi connectivity index (χ1v) is 6.49. The second-order valence-electron chi connectivity index (χ2n) is 4.43. The molecule has 0 atom stereocenters. The Morgan fingerprint density at radius 1 is 1.12 bits per heavy atom. The van der Waals surface area contributed by atoms with E-state index in [1.54, 1.807) is 6.07 Å². The van der Waals surface area contributed by atoms with Gasteiger partial charge in [0.25, 0.3) is 0 Å². The van der Waals surface area contributed by atoms with E-state index in [-0.39, 0.29) is 5.82 Å². The van der Waals surface area contributed by atoms with Crippen molar-refractivity contribution in [2.45, 2.75) is 52.4 Å². The molecular weight excluding hydrogens is 211 g/mol. The van der Waals surface area contributed by atoms with Crippen molar-refractivity contribution in [2.24, 2.45) is 0 Å². The maximum absolute atomic E-state index is 13.0. The third-order valence-electron chi connectivity index (χ3n) is 2.83. The summed E-state index contributed by atoms with van der Waals surface area (Å²) in [4.78, 5) is 0. The van der Waals surface area contributed by atoms with Crippen molar-refractivity contribution in [3.63, 3.8) is 0 Å². The van der Waals surface area contributed by atoms with Gasteiger partial charge in [-0.2, -0.15) is 0 Å². The van der Waals surface area contributed by atoms with E-state index in [2.05, 4.69) is 18.8 Å². The van der Waals surface area contributed by atoms with Crippen LogP contribution in [0.4, 0.5) is 4.39 Å². The molecule has 0 nitrogen and oxygen atoms in total. The van der Waals surface area contributed by atoms with E-state index in [0.29, 0.717) is 0 Å². The molecule has 1 aromatic rings. The largest absolute Gasteiger partial charge is 0.207 e. The van der Waals surface area contributed by atoms with Crippen molar-refractivity contribution in [1.82, 2.24) is 0 Å². The lowest BCUT2D eigenvalue weighted by Gasteiger charge is -1.97. The van der Waals surface area contributed by atoms with Crippen LogP contribution in [0, 0.1) is 24.6 Å². The van der Waals surface area contributed by atoms with E-state index in [4.69, 9.17) is 0 Å². The summed E-state index contributed by atoms with van der Waals surface area (Å²) in [5.74, 6) is 5.98. The van der Waals surface area contributed by atoms with Crippen LogP contribution >= 0.6 is 0 Å². The van der Waals surface area contributed by atoms with Crippen LogP contribution in [0.15, 0.2) is 18.2 Å². The molecule has 0 aliphatic rings. The number of aryl methyl sites for hydroxylation is 1. The summed E-state index contributed by atoms with van der Waals surface area (Å²) in [6.07, 6.45) is 7.22. The summed E-state index contributed by atoms with van der Waals surface area (Å²) in [7, 11) is 0. The molecule has 1 rings (SSSR count). The lowest BCUT2D eigenvalue weighted by molar-refractivity contribution is 0.627. The zero-order valence-electron chi connectivity index (χ0n) is 10.9. The molecule has 0 N–H and O–H groups in total. The summed E-state index contributed by atoms with van der Waals surface area (Å²) < 4.78 is 13.0. The summed E-state index contributed by atoms with van der Waals surface area (Å²) in [6, 6.07) is 4.77. The Kier molecular flexibility index (Phi) is 6.40. The number of halogens is 1. The van der Waals surface area contributed by atoms with Crippen molar-refractivity contribution >= 4 is 0 Å². The summed E-state index contributed by atoms with van der Waals surface area (Å²) in [6.45, 7) is 4.18. The van der Waals surface area contributed by atoms with Crippen LogP contribution in [0.25, 0.3) is 0 Å². The van der Waals surface area contributed by atoms with E-state index >= 15 is 0 Å². The Hall–Kier alpha value is -1.29. The highest BCUT2D eigenvalue weighted by atomic mass is 19.1. The first kappa shape index (κ1) is 13.8. The Balaban J connectivity index is 2.36. The molecular formula is C16H21F. The van der Waals surface area contributed by atoms with Crippen LogP contribution in [0.1, 0.15) is 56.6 Å². The minimum absolute atomic E-state index is 0.206. The standard InChI is InChI=1S/C16H21F/c1-3-4-5-6-7-8-9-10-15-13-16(17)12-11-14(15)2/h11-13H,3-8H2,1-2H3. The number of hydrogen-bond acceptors (Lipinski definition) is 0. The van der Waals surface area contributed by atoms with Crippen LogP contribution in [0.3, 0.4) is 0 Å². The number of unbranched alkanes of at least 4 members (excludes halogenated alkanes) is 5. The van der Waals surface area contributed by atoms with Gasteiger partial charge in [0.1, 0.15) is 5.82 Å². The van der Waals surface area contributed by atoms with Crippen molar-refractivity contribution in [1.29, 1.82) is 0 Å². The molecule has 17 heavy (non-hydrogen) atoms. The van der Waals surface area contributed by atoms with E-state index < -0.39 is 0 Å². The fourth-order valence-electron chi connectivity index (χ4n) is 1.70. The molecule has 1 aromatic carbocycles. The van der Waals surface area contributed by atoms with Crippen molar-refractivity contribution in [3.05, 3.63) is 35.1 Å². The first-order valence-electron chi connectivity index (χ1n) is 6.49. The molecule has 0 heterocycles. The quantitative estimate of drug-likeness (QED) is 0.503. The van der Waals surface area contributed by atoms with Gasteiger partial charge in [-0.05, 0) is 31.0 Å². The average Bonchev–Trinajstić information content (AvgIpc) is 2.32. The van der Waals surface area contributed by atoms with Gasteiger partial charge in [0.2, 0.25) is 0 Å². The predicted octanol–water partition coefficient (Wildman–Crippen LogP) is 4.85. The van der Waals surface area contributed by atoms with Gasteiger partial charge in [0, 0.05) is 12.0 Å². The van der Waals surface area contributed by atoms with Gasteiger partial charge in [0.05, 0.1) is 0 Å². The highest BCUT2D eigenvalue weighted by molar-refractivity contribution is 5.40.